The highest BCUT2D eigenvalue weighted by Gasteiger charge is 2.07. The second kappa shape index (κ2) is 7.97. The summed E-state index contributed by atoms with van der Waals surface area (Å²) in [4.78, 5) is 15.9. The van der Waals surface area contributed by atoms with Gasteiger partial charge in [0.15, 0.2) is 5.96 Å². The number of guanidine groups is 1. The van der Waals surface area contributed by atoms with Crippen LogP contribution in [0.5, 0.6) is 0 Å². The van der Waals surface area contributed by atoms with Crippen molar-refractivity contribution >= 4 is 28.3 Å². The van der Waals surface area contributed by atoms with Crippen molar-refractivity contribution in [1.29, 1.82) is 0 Å². The molecule has 0 spiro atoms. The fourth-order valence-electron chi connectivity index (χ4n) is 2.64. The van der Waals surface area contributed by atoms with Crippen molar-refractivity contribution in [3.8, 4) is 0 Å². The van der Waals surface area contributed by atoms with Crippen LogP contribution in [0.15, 0.2) is 46.8 Å². The van der Waals surface area contributed by atoms with Gasteiger partial charge >= 0.3 is 0 Å². The van der Waals surface area contributed by atoms with E-state index in [0.29, 0.717) is 0 Å². The Bertz CT molecular complexity index is 758. The number of hydrogen-bond donors (Lipinski definition) is 2. The molecule has 5 nitrogen and oxygen atoms in total. The Morgan fingerprint density at radius 2 is 2.12 bits per heavy atom. The van der Waals surface area contributed by atoms with Crippen LogP contribution < -0.4 is 5.32 Å². The highest BCUT2D eigenvalue weighted by atomic mass is 32.1. The molecule has 1 aromatic carbocycles. The molecule has 2 N–H and O–H groups in total. The van der Waals surface area contributed by atoms with Gasteiger partial charge in [0.2, 0.25) is 0 Å². The van der Waals surface area contributed by atoms with Gasteiger partial charge in [-0.2, -0.15) is 0 Å². The molecule has 0 saturated heterocycles. The van der Waals surface area contributed by atoms with E-state index in [1.54, 1.807) is 11.3 Å². The molecule has 0 amide bonds. The van der Waals surface area contributed by atoms with Crippen LogP contribution in [0.25, 0.3) is 11.0 Å². The summed E-state index contributed by atoms with van der Waals surface area (Å²) in [7, 11) is 3.90. The van der Waals surface area contributed by atoms with Gasteiger partial charge in [-0.25, -0.2) is 4.98 Å². The molecule has 3 aromatic rings. The van der Waals surface area contributed by atoms with Crippen molar-refractivity contribution < 1.29 is 0 Å². The van der Waals surface area contributed by atoms with Gasteiger partial charge in [0.05, 0.1) is 11.0 Å². The summed E-state index contributed by atoms with van der Waals surface area (Å²) in [5, 5.41) is 5.53. The molecule has 0 aliphatic rings. The number of likely N-dealkylation sites (N-methyl/N-ethyl adjacent to an activating group) is 1. The molecule has 0 fully saturated rings. The molecule has 0 aliphatic heterocycles. The van der Waals surface area contributed by atoms with Gasteiger partial charge in [-0.3, -0.25) is 4.99 Å². The Morgan fingerprint density at radius 1 is 1.25 bits per heavy atom. The molecule has 0 saturated carbocycles. The standard InChI is InChI=1S/C18H23N5S/c1-19-18(23(2)12-10-14-6-5-13-24-14)20-11-9-17-21-15-7-3-4-8-16(15)22-17/h3-8,13H,9-12H2,1-2H3,(H,19,20)(H,21,22). The van der Waals surface area contributed by atoms with Crippen LogP contribution >= 0.6 is 11.3 Å². The van der Waals surface area contributed by atoms with Crippen LogP contribution in [0.2, 0.25) is 0 Å². The van der Waals surface area contributed by atoms with Crippen LogP contribution in [-0.4, -0.2) is 48.0 Å². The van der Waals surface area contributed by atoms with E-state index in [1.165, 1.54) is 4.88 Å². The first kappa shape index (κ1) is 16.5. The lowest BCUT2D eigenvalue weighted by atomic mass is 10.3. The van der Waals surface area contributed by atoms with E-state index >= 15 is 0 Å². The van der Waals surface area contributed by atoms with Gasteiger partial charge in [-0.15, -0.1) is 11.3 Å². The van der Waals surface area contributed by atoms with E-state index in [4.69, 9.17) is 0 Å². The lowest BCUT2D eigenvalue weighted by Gasteiger charge is -2.21. The number of aromatic nitrogens is 2. The lowest BCUT2D eigenvalue weighted by Crippen LogP contribution is -2.40. The molecule has 6 heteroatoms. The Morgan fingerprint density at radius 3 is 2.88 bits per heavy atom. The largest absolute Gasteiger partial charge is 0.356 e. The second-order valence-electron chi connectivity index (χ2n) is 5.68. The Hall–Kier alpha value is -2.34. The first-order valence-electron chi connectivity index (χ1n) is 8.14. The average molecular weight is 341 g/mol. The van der Waals surface area contributed by atoms with E-state index in [9.17, 15) is 0 Å². The van der Waals surface area contributed by atoms with Crippen LogP contribution in [0, 0.1) is 0 Å². The third kappa shape index (κ3) is 4.14. The summed E-state index contributed by atoms with van der Waals surface area (Å²) in [6.45, 7) is 1.75. The van der Waals surface area contributed by atoms with Crippen molar-refractivity contribution in [1.82, 2.24) is 20.2 Å². The first-order valence-corrected chi connectivity index (χ1v) is 9.02. The van der Waals surface area contributed by atoms with E-state index in [2.05, 4.69) is 55.8 Å². The Labute approximate surface area is 146 Å². The molecule has 126 valence electrons. The van der Waals surface area contributed by atoms with Gasteiger partial charge in [0.1, 0.15) is 5.82 Å². The predicted molar refractivity (Wildman–Crippen MR) is 102 cm³/mol. The number of imidazole rings is 1. The summed E-state index contributed by atoms with van der Waals surface area (Å²) in [6.07, 6.45) is 1.88. The fourth-order valence-corrected chi connectivity index (χ4v) is 3.34. The van der Waals surface area contributed by atoms with E-state index < -0.39 is 0 Å². The maximum Gasteiger partial charge on any atom is 0.193 e. The Kier molecular flexibility index (Phi) is 5.48. The number of aromatic amines is 1. The number of nitrogens with one attached hydrogen (secondary N) is 2. The zero-order chi connectivity index (χ0) is 16.8. The molecule has 2 heterocycles. The predicted octanol–water partition coefficient (Wildman–Crippen LogP) is 2.92. The van der Waals surface area contributed by atoms with Crippen LogP contribution in [0.3, 0.4) is 0 Å². The summed E-state index contributed by atoms with van der Waals surface area (Å²) >= 11 is 1.80. The number of aliphatic imine (C=N–C) groups is 1. The van der Waals surface area contributed by atoms with Crippen LogP contribution in [0.4, 0.5) is 0 Å². The van der Waals surface area contributed by atoms with Gasteiger partial charge in [0, 0.05) is 38.5 Å². The van der Waals surface area contributed by atoms with Crippen LogP contribution in [-0.2, 0) is 12.8 Å². The number of H-pyrrole nitrogens is 1. The molecule has 0 atom stereocenters. The quantitative estimate of drug-likeness (QED) is 0.535. The van der Waals surface area contributed by atoms with Gasteiger partial charge in [-0.05, 0) is 30.0 Å². The van der Waals surface area contributed by atoms with Crippen LogP contribution in [0.1, 0.15) is 10.7 Å². The van der Waals surface area contributed by atoms with E-state index in [-0.39, 0.29) is 0 Å². The van der Waals surface area contributed by atoms with Crippen molar-refractivity contribution in [3.05, 3.63) is 52.5 Å². The monoisotopic (exact) mass is 341 g/mol. The number of rotatable bonds is 6. The summed E-state index contributed by atoms with van der Waals surface area (Å²) in [6, 6.07) is 12.4. The highest BCUT2D eigenvalue weighted by Crippen LogP contribution is 2.11. The highest BCUT2D eigenvalue weighted by molar-refractivity contribution is 7.09. The normalized spacial score (nSPS) is 11.8. The number of fused-ring (bicyclic) bond motifs is 1. The van der Waals surface area contributed by atoms with E-state index in [1.807, 2.05) is 25.2 Å². The smallest absolute Gasteiger partial charge is 0.193 e. The lowest BCUT2D eigenvalue weighted by molar-refractivity contribution is 0.486. The minimum atomic E-state index is 0.801. The molecule has 24 heavy (non-hydrogen) atoms. The molecule has 0 bridgehead atoms. The van der Waals surface area contributed by atoms with Crippen molar-refractivity contribution in [3.63, 3.8) is 0 Å². The van der Waals surface area contributed by atoms with Crippen molar-refractivity contribution in [2.45, 2.75) is 12.8 Å². The minimum Gasteiger partial charge on any atom is -0.356 e. The minimum absolute atomic E-state index is 0.801. The number of hydrogen-bond acceptors (Lipinski definition) is 3. The molecule has 2 aromatic heterocycles. The average Bonchev–Trinajstić information content (AvgIpc) is 3.25. The third-order valence-corrected chi connectivity index (χ3v) is 4.87. The maximum absolute atomic E-state index is 4.60. The molecular formula is C18H23N5S. The fraction of sp³-hybridized carbons (Fsp3) is 0.333. The molecule has 3 rings (SSSR count). The third-order valence-electron chi connectivity index (χ3n) is 3.93. The van der Waals surface area contributed by atoms with Gasteiger partial charge in [-0.1, -0.05) is 18.2 Å². The first-order chi connectivity index (χ1) is 11.8. The topological polar surface area (TPSA) is 56.3 Å². The van der Waals surface area contributed by atoms with Gasteiger partial charge in [0.25, 0.3) is 0 Å². The van der Waals surface area contributed by atoms with Gasteiger partial charge < -0.3 is 15.2 Å². The van der Waals surface area contributed by atoms with Crippen molar-refractivity contribution in [2.24, 2.45) is 4.99 Å². The molecule has 0 unspecified atom stereocenters. The zero-order valence-electron chi connectivity index (χ0n) is 14.1. The maximum atomic E-state index is 4.60. The van der Waals surface area contributed by atoms with E-state index in [0.717, 1.165) is 48.7 Å². The summed E-state index contributed by atoms with van der Waals surface area (Å²) in [5.74, 6) is 1.92. The molecule has 0 aliphatic carbocycles. The molecular weight excluding hydrogens is 318 g/mol. The summed E-state index contributed by atoms with van der Waals surface area (Å²) < 4.78 is 0. The number of nitrogens with zero attached hydrogens (tertiary/aromatic N) is 3. The second-order valence-corrected chi connectivity index (χ2v) is 6.71. The number of thiophene rings is 1. The van der Waals surface area contributed by atoms with Crippen molar-refractivity contribution in [2.75, 3.05) is 27.2 Å². The Balaban J connectivity index is 1.48. The summed E-state index contributed by atoms with van der Waals surface area (Å²) in [5.41, 5.74) is 2.11. The number of benzene rings is 1. The SMILES string of the molecule is CN=C(NCCc1nc2ccccc2[nH]1)N(C)CCc1cccs1. The molecule has 0 radical (unpaired) electrons. The number of para-hydroxylation sites is 2. The zero-order valence-corrected chi connectivity index (χ0v) is 14.9.